The average Bonchev–Trinajstić information content (AvgIpc) is 2.55. The van der Waals surface area contributed by atoms with Crippen LogP contribution in [0, 0.1) is 0 Å². The summed E-state index contributed by atoms with van der Waals surface area (Å²) >= 11 is 3.36. The van der Waals surface area contributed by atoms with E-state index < -0.39 is 5.97 Å². The van der Waals surface area contributed by atoms with Crippen LogP contribution in [0.25, 0.3) is 0 Å². The molecule has 0 radical (unpaired) electrons. The van der Waals surface area contributed by atoms with E-state index in [1.54, 1.807) is 61.3 Å². The van der Waals surface area contributed by atoms with Crippen LogP contribution in [0.4, 0.5) is 0 Å². The van der Waals surface area contributed by atoms with Gasteiger partial charge < -0.3 is 9.47 Å². The summed E-state index contributed by atoms with van der Waals surface area (Å²) < 4.78 is 12.5. The Balaban J connectivity index is 2.15. The van der Waals surface area contributed by atoms with Gasteiger partial charge >= 0.3 is 5.97 Å². The second-order valence-corrected chi connectivity index (χ2v) is 5.61. The second-order valence-electron chi connectivity index (χ2n) is 4.76. The molecule has 0 atom stereocenters. The van der Waals surface area contributed by atoms with E-state index in [4.69, 9.17) is 9.47 Å². The fraction of sp³-hybridized carbons (Fsp3) is 0.235. The third-order valence-corrected chi connectivity index (χ3v) is 3.79. The predicted molar refractivity (Wildman–Crippen MR) is 87.6 cm³/mol. The van der Waals surface area contributed by atoms with Gasteiger partial charge in [-0.25, -0.2) is 4.79 Å². The maximum absolute atomic E-state index is 12.4. The molecule has 120 valence electrons. The van der Waals surface area contributed by atoms with Crippen LogP contribution in [0.15, 0.2) is 47.2 Å². The summed E-state index contributed by atoms with van der Waals surface area (Å²) in [7, 11) is 1.57. The topological polar surface area (TPSA) is 56.5 Å². The SMILES string of the molecule is CCOC(=O)c1ccc[n+](CC(=O)c2ccc(OC)c(Br)c2)c1. The number of rotatable bonds is 6. The number of hydrogen-bond acceptors (Lipinski definition) is 4. The van der Waals surface area contributed by atoms with E-state index in [-0.39, 0.29) is 12.3 Å². The van der Waals surface area contributed by atoms with Gasteiger partial charge in [-0.05, 0) is 47.1 Å². The highest BCUT2D eigenvalue weighted by Crippen LogP contribution is 2.25. The van der Waals surface area contributed by atoms with Crippen molar-refractivity contribution >= 4 is 27.7 Å². The molecule has 1 aromatic heterocycles. The number of ketones is 1. The van der Waals surface area contributed by atoms with Gasteiger partial charge in [-0.15, -0.1) is 0 Å². The molecule has 1 aromatic carbocycles. The lowest BCUT2D eigenvalue weighted by Gasteiger charge is -2.05. The fourth-order valence-corrected chi connectivity index (χ4v) is 2.59. The molecule has 0 spiro atoms. The van der Waals surface area contributed by atoms with Crippen LogP contribution < -0.4 is 9.30 Å². The normalized spacial score (nSPS) is 10.2. The number of benzene rings is 1. The molecule has 0 amide bonds. The fourth-order valence-electron chi connectivity index (χ4n) is 2.05. The van der Waals surface area contributed by atoms with Crippen molar-refractivity contribution in [1.82, 2.24) is 0 Å². The molecule has 0 aliphatic heterocycles. The minimum atomic E-state index is -0.401. The number of carbonyl (C=O) groups excluding carboxylic acids is 2. The van der Waals surface area contributed by atoms with Gasteiger partial charge in [0, 0.05) is 11.6 Å². The van der Waals surface area contributed by atoms with E-state index in [1.807, 2.05) is 0 Å². The number of hydrogen-bond donors (Lipinski definition) is 0. The molecular formula is C17H17BrNO4+. The molecular weight excluding hydrogens is 362 g/mol. The Hall–Kier alpha value is -2.21. The quantitative estimate of drug-likeness (QED) is 0.440. The Morgan fingerprint density at radius 1 is 1.22 bits per heavy atom. The van der Waals surface area contributed by atoms with Crippen LogP contribution in [-0.2, 0) is 11.3 Å². The first kappa shape index (κ1) is 17.1. The third-order valence-electron chi connectivity index (χ3n) is 3.17. The van der Waals surface area contributed by atoms with Gasteiger partial charge in [0.2, 0.25) is 12.3 Å². The first-order valence-electron chi connectivity index (χ1n) is 7.08. The molecule has 5 nitrogen and oxygen atoms in total. The van der Waals surface area contributed by atoms with Crippen molar-refractivity contribution in [1.29, 1.82) is 0 Å². The first-order valence-corrected chi connectivity index (χ1v) is 7.87. The van der Waals surface area contributed by atoms with E-state index in [0.717, 1.165) is 4.47 Å². The molecule has 0 aliphatic carbocycles. The molecule has 0 aliphatic rings. The smallest absolute Gasteiger partial charge is 0.344 e. The van der Waals surface area contributed by atoms with Gasteiger partial charge in [0.05, 0.1) is 18.2 Å². The van der Waals surface area contributed by atoms with E-state index >= 15 is 0 Å². The zero-order valence-corrected chi connectivity index (χ0v) is 14.5. The summed E-state index contributed by atoms with van der Waals surface area (Å²) in [6.45, 7) is 2.19. The Bertz CT molecular complexity index is 730. The van der Waals surface area contributed by atoms with Crippen molar-refractivity contribution in [2.45, 2.75) is 13.5 Å². The summed E-state index contributed by atoms with van der Waals surface area (Å²) in [5.41, 5.74) is 0.977. The van der Waals surface area contributed by atoms with Crippen molar-refractivity contribution in [3.05, 3.63) is 58.3 Å². The van der Waals surface area contributed by atoms with Gasteiger partial charge in [-0.1, -0.05) is 0 Å². The van der Waals surface area contributed by atoms with Gasteiger partial charge in [0.25, 0.3) is 0 Å². The van der Waals surface area contributed by atoms with E-state index in [1.165, 1.54) is 0 Å². The molecule has 0 fully saturated rings. The zero-order chi connectivity index (χ0) is 16.8. The number of Topliss-reactive ketones (excluding diaryl/α,β-unsaturated/α-hetero) is 1. The molecule has 0 saturated heterocycles. The summed E-state index contributed by atoms with van der Waals surface area (Å²) in [5, 5.41) is 0. The van der Waals surface area contributed by atoms with Crippen LogP contribution in [0.3, 0.4) is 0 Å². The van der Waals surface area contributed by atoms with Crippen LogP contribution in [-0.4, -0.2) is 25.5 Å². The molecule has 2 aromatic rings. The van der Waals surface area contributed by atoms with Crippen molar-refractivity contribution in [3.63, 3.8) is 0 Å². The lowest BCUT2D eigenvalue weighted by atomic mass is 10.1. The van der Waals surface area contributed by atoms with Crippen molar-refractivity contribution < 1.29 is 23.6 Å². The highest BCUT2D eigenvalue weighted by atomic mass is 79.9. The number of aromatic nitrogens is 1. The highest BCUT2D eigenvalue weighted by Gasteiger charge is 2.16. The average molecular weight is 379 g/mol. The molecule has 0 N–H and O–H groups in total. The summed E-state index contributed by atoms with van der Waals surface area (Å²) in [6, 6.07) is 8.53. The Labute approximate surface area is 143 Å². The number of esters is 1. The standard InChI is InChI=1S/C17H17BrNO4/c1-3-23-17(21)13-5-4-8-19(10-13)11-15(20)12-6-7-16(22-2)14(18)9-12/h4-10H,3,11H2,1-2H3/q+1. The van der Waals surface area contributed by atoms with Crippen LogP contribution in [0.5, 0.6) is 5.75 Å². The number of methoxy groups -OCH3 is 1. The van der Waals surface area contributed by atoms with Gasteiger partial charge in [0.1, 0.15) is 11.3 Å². The van der Waals surface area contributed by atoms with E-state index in [0.29, 0.717) is 23.5 Å². The number of halogens is 1. The van der Waals surface area contributed by atoms with Gasteiger partial charge in [-0.3, -0.25) is 4.79 Å². The Morgan fingerprint density at radius 2 is 2.00 bits per heavy atom. The minimum Gasteiger partial charge on any atom is -0.496 e. The van der Waals surface area contributed by atoms with E-state index in [9.17, 15) is 9.59 Å². The lowest BCUT2D eigenvalue weighted by Crippen LogP contribution is -2.38. The third kappa shape index (κ3) is 4.39. The molecule has 0 unspecified atom stereocenters. The predicted octanol–water partition coefficient (Wildman–Crippen LogP) is 2.80. The van der Waals surface area contributed by atoms with Gasteiger partial charge in [0.15, 0.2) is 12.4 Å². The summed E-state index contributed by atoms with van der Waals surface area (Å²) in [6.07, 6.45) is 3.34. The van der Waals surface area contributed by atoms with Crippen LogP contribution >= 0.6 is 15.9 Å². The number of ether oxygens (including phenoxy) is 2. The van der Waals surface area contributed by atoms with Crippen molar-refractivity contribution in [2.24, 2.45) is 0 Å². The zero-order valence-electron chi connectivity index (χ0n) is 12.9. The monoisotopic (exact) mass is 378 g/mol. The van der Waals surface area contributed by atoms with Crippen LogP contribution in [0.1, 0.15) is 27.6 Å². The lowest BCUT2D eigenvalue weighted by molar-refractivity contribution is -0.683. The number of pyridine rings is 1. The Kier molecular flexibility index (Phi) is 5.87. The highest BCUT2D eigenvalue weighted by molar-refractivity contribution is 9.10. The maximum atomic E-state index is 12.4. The first-order chi connectivity index (χ1) is 11.0. The minimum absolute atomic E-state index is 0.0700. The molecule has 2 rings (SSSR count). The second kappa shape index (κ2) is 7.87. The maximum Gasteiger partial charge on any atom is 0.344 e. The molecule has 1 heterocycles. The van der Waals surface area contributed by atoms with Crippen molar-refractivity contribution in [2.75, 3.05) is 13.7 Å². The molecule has 0 saturated carbocycles. The summed E-state index contributed by atoms with van der Waals surface area (Å²) in [4.78, 5) is 24.1. The largest absolute Gasteiger partial charge is 0.496 e. The molecule has 0 bridgehead atoms. The molecule has 6 heteroatoms. The number of carbonyl (C=O) groups is 2. The Morgan fingerprint density at radius 3 is 2.65 bits per heavy atom. The van der Waals surface area contributed by atoms with Gasteiger partial charge in [-0.2, -0.15) is 4.57 Å². The van der Waals surface area contributed by atoms with E-state index in [2.05, 4.69) is 15.9 Å². The molecule has 23 heavy (non-hydrogen) atoms. The van der Waals surface area contributed by atoms with Crippen molar-refractivity contribution in [3.8, 4) is 5.75 Å². The van der Waals surface area contributed by atoms with Crippen LogP contribution in [0.2, 0.25) is 0 Å². The summed E-state index contributed by atoms with van der Waals surface area (Å²) in [5.74, 6) is 0.194. The number of nitrogens with zero attached hydrogens (tertiary/aromatic N) is 1.